The molecule has 0 amide bonds. The van der Waals surface area contributed by atoms with Crippen LogP contribution in [0.4, 0.5) is 5.95 Å². The molecule has 136 valence electrons. The van der Waals surface area contributed by atoms with Gasteiger partial charge in [0.05, 0.1) is 29.7 Å². The molecule has 2 saturated heterocycles. The van der Waals surface area contributed by atoms with Gasteiger partial charge in [-0.15, -0.1) is 0 Å². The predicted molar refractivity (Wildman–Crippen MR) is 93.8 cm³/mol. The maximum absolute atomic E-state index is 11.9. The highest BCUT2D eigenvalue weighted by Crippen LogP contribution is 2.49. The Morgan fingerprint density at radius 3 is 3.08 bits per heavy atom. The number of nitrogens with zero attached hydrogens (tertiary/aromatic N) is 3. The van der Waals surface area contributed by atoms with Crippen molar-refractivity contribution in [2.24, 2.45) is 0 Å². The normalized spacial score (nSPS) is 31.8. The summed E-state index contributed by atoms with van der Waals surface area (Å²) >= 11 is 2.16. The molecule has 4 atom stereocenters. The van der Waals surface area contributed by atoms with E-state index in [0.29, 0.717) is 0 Å². The SMILES string of the molecule is CS(=O)(=O)OC[C@]12COC(C1I)[C@H](n1cnc3c(=O)[nH]c(N)nc31)O2. The van der Waals surface area contributed by atoms with Gasteiger partial charge in [0.15, 0.2) is 17.4 Å². The van der Waals surface area contributed by atoms with E-state index in [1.54, 1.807) is 4.57 Å². The molecule has 2 unspecified atom stereocenters. The van der Waals surface area contributed by atoms with Crippen molar-refractivity contribution < 1.29 is 22.1 Å². The van der Waals surface area contributed by atoms with E-state index in [1.807, 2.05) is 0 Å². The number of rotatable bonds is 4. The molecule has 25 heavy (non-hydrogen) atoms. The Balaban J connectivity index is 1.71. The van der Waals surface area contributed by atoms with Gasteiger partial charge in [-0.25, -0.2) is 4.98 Å². The molecule has 4 rings (SSSR count). The van der Waals surface area contributed by atoms with E-state index in [-0.39, 0.29) is 40.4 Å². The number of anilines is 1. The van der Waals surface area contributed by atoms with Crippen LogP contribution in [0.3, 0.4) is 0 Å². The molecule has 0 spiro atoms. The smallest absolute Gasteiger partial charge is 0.280 e. The molecule has 2 aliphatic rings. The second kappa shape index (κ2) is 5.60. The van der Waals surface area contributed by atoms with Gasteiger partial charge in [-0.05, 0) is 0 Å². The molecule has 2 aromatic heterocycles. The molecule has 0 aromatic carbocycles. The zero-order chi connectivity index (χ0) is 18.0. The molecular formula is C12H14IN5O6S. The fraction of sp³-hybridized carbons (Fsp3) is 0.583. The molecule has 2 aliphatic heterocycles. The number of imidazole rings is 1. The van der Waals surface area contributed by atoms with Crippen LogP contribution in [-0.4, -0.2) is 63.0 Å². The Hall–Kier alpha value is -1.29. The minimum Gasteiger partial charge on any atom is -0.369 e. The first-order valence-electron chi connectivity index (χ1n) is 7.20. The fourth-order valence-electron chi connectivity index (χ4n) is 3.04. The van der Waals surface area contributed by atoms with Crippen molar-refractivity contribution in [2.45, 2.75) is 21.9 Å². The number of nitrogens with two attached hydrogens (primary N) is 1. The summed E-state index contributed by atoms with van der Waals surface area (Å²) in [5.74, 6) is -0.0375. The summed E-state index contributed by atoms with van der Waals surface area (Å²) in [6, 6.07) is 0. The van der Waals surface area contributed by atoms with E-state index in [4.69, 9.17) is 19.4 Å². The molecule has 0 saturated carbocycles. The van der Waals surface area contributed by atoms with Crippen molar-refractivity contribution in [3.63, 3.8) is 0 Å². The number of hydrogen-bond acceptors (Lipinski definition) is 9. The lowest BCUT2D eigenvalue weighted by atomic mass is 10.0. The summed E-state index contributed by atoms with van der Waals surface area (Å²) in [5, 5.41) is 0. The van der Waals surface area contributed by atoms with E-state index in [0.717, 1.165) is 6.26 Å². The van der Waals surface area contributed by atoms with Gasteiger partial charge in [-0.2, -0.15) is 13.4 Å². The number of fused-ring (bicyclic) bond motifs is 3. The highest BCUT2D eigenvalue weighted by Gasteiger charge is 2.61. The van der Waals surface area contributed by atoms with Gasteiger partial charge < -0.3 is 15.2 Å². The van der Waals surface area contributed by atoms with Crippen LogP contribution in [0.25, 0.3) is 11.2 Å². The molecule has 0 radical (unpaired) electrons. The van der Waals surface area contributed by atoms with Crippen LogP contribution in [-0.2, 0) is 23.8 Å². The Morgan fingerprint density at radius 1 is 1.60 bits per heavy atom. The number of aromatic nitrogens is 4. The van der Waals surface area contributed by atoms with Crippen LogP contribution in [0, 0.1) is 0 Å². The van der Waals surface area contributed by atoms with Crippen LogP contribution in [0.2, 0.25) is 0 Å². The van der Waals surface area contributed by atoms with Crippen LogP contribution in [0.5, 0.6) is 0 Å². The largest absolute Gasteiger partial charge is 0.369 e. The van der Waals surface area contributed by atoms with E-state index >= 15 is 0 Å². The summed E-state index contributed by atoms with van der Waals surface area (Å²) in [6.07, 6.45) is 1.41. The van der Waals surface area contributed by atoms with Crippen molar-refractivity contribution in [2.75, 3.05) is 25.2 Å². The first-order chi connectivity index (χ1) is 11.7. The Morgan fingerprint density at radius 2 is 2.36 bits per heavy atom. The van der Waals surface area contributed by atoms with Crippen molar-refractivity contribution in [3.8, 4) is 0 Å². The molecule has 2 bridgehead atoms. The number of ether oxygens (including phenoxy) is 2. The van der Waals surface area contributed by atoms with E-state index in [1.165, 1.54) is 6.33 Å². The maximum Gasteiger partial charge on any atom is 0.280 e. The lowest BCUT2D eigenvalue weighted by Crippen LogP contribution is -2.43. The second-order valence-electron chi connectivity index (χ2n) is 5.99. The Kier molecular flexibility index (Phi) is 3.84. The van der Waals surface area contributed by atoms with Crippen molar-refractivity contribution in [1.29, 1.82) is 0 Å². The molecule has 13 heteroatoms. The van der Waals surface area contributed by atoms with Crippen LogP contribution >= 0.6 is 22.6 Å². The van der Waals surface area contributed by atoms with Gasteiger partial charge in [0, 0.05) is 0 Å². The molecule has 2 fully saturated rings. The summed E-state index contributed by atoms with van der Waals surface area (Å²) in [4.78, 5) is 22.5. The van der Waals surface area contributed by atoms with E-state index in [2.05, 4.69) is 37.5 Å². The molecule has 3 N–H and O–H groups in total. The molecule has 11 nitrogen and oxygen atoms in total. The van der Waals surface area contributed by atoms with Crippen molar-refractivity contribution in [1.82, 2.24) is 19.5 Å². The topological polar surface area (TPSA) is 151 Å². The van der Waals surface area contributed by atoms with Gasteiger partial charge >= 0.3 is 0 Å². The molecular weight excluding hydrogens is 469 g/mol. The average molecular weight is 483 g/mol. The molecule has 2 aromatic rings. The average Bonchev–Trinajstić information content (AvgIpc) is 3.15. The third-order valence-electron chi connectivity index (χ3n) is 4.19. The third kappa shape index (κ3) is 2.73. The predicted octanol–water partition coefficient (Wildman–Crippen LogP) is -0.852. The number of hydrogen-bond donors (Lipinski definition) is 2. The lowest BCUT2D eigenvalue weighted by molar-refractivity contribution is -0.179. The highest BCUT2D eigenvalue weighted by atomic mass is 127. The summed E-state index contributed by atoms with van der Waals surface area (Å²) in [7, 11) is -3.61. The van der Waals surface area contributed by atoms with Crippen molar-refractivity contribution >= 4 is 49.8 Å². The Bertz CT molecular complexity index is 1010. The number of H-pyrrole nitrogens is 1. The minimum absolute atomic E-state index is 0.0375. The monoisotopic (exact) mass is 483 g/mol. The zero-order valence-corrected chi connectivity index (χ0v) is 15.9. The summed E-state index contributed by atoms with van der Waals surface area (Å²) < 4.78 is 40.9. The van der Waals surface area contributed by atoms with Crippen LogP contribution in [0.15, 0.2) is 11.1 Å². The van der Waals surface area contributed by atoms with E-state index < -0.39 is 27.5 Å². The lowest BCUT2D eigenvalue weighted by Gasteiger charge is -2.30. The summed E-state index contributed by atoms with van der Waals surface area (Å²) in [6.45, 7) is 0.0509. The van der Waals surface area contributed by atoms with Gasteiger partial charge in [0.25, 0.3) is 15.7 Å². The molecule has 4 heterocycles. The van der Waals surface area contributed by atoms with Crippen LogP contribution < -0.4 is 11.3 Å². The van der Waals surface area contributed by atoms with E-state index in [9.17, 15) is 13.2 Å². The quantitative estimate of drug-likeness (QED) is 0.322. The number of halogens is 1. The number of nitrogens with one attached hydrogen (secondary N) is 1. The minimum atomic E-state index is -3.61. The van der Waals surface area contributed by atoms with Gasteiger partial charge in [0.1, 0.15) is 11.7 Å². The number of aromatic amines is 1. The van der Waals surface area contributed by atoms with Gasteiger partial charge in [0.2, 0.25) is 5.95 Å². The van der Waals surface area contributed by atoms with Gasteiger partial charge in [-0.1, -0.05) is 22.6 Å². The zero-order valence-electron chi connectivity index (χ0n) is 12.9. The number of alkyl halides is 1. The summed E-state index contributed by atoms with van der Waals surface area (Å²) in [5.41, 5.74) is 4.64. The standard InChI is InChI=1S/C12H14IN5O6S/c1-25(20,21)23-3-12-2-22-6(7(12)13)10(24-12)18-4-15-5-8(18)16-11(14)17-9(5)19/h4,6-7,10H,2-3H2,1H3,(H3,14,16,17,19)/t6?,7?,10-,12-/m1/s1. The van der Waals surface area contributed by atoms with Crippen LogP contribution in [0.1, 0.15) is 6.23 Å². The first-order valence-corrected chi connectivity index (χ1v) is 10.3. The number of nitrogen functional groups attached to an aromatic ring is 1. The third-order valence-corrected chi connectivity index (χ3v) is 6.58. The first kappa shape index (κ1) is 17.1. The Labute approximate surface area is 155 Å². The second-order valence-corrected chi connectivity index (χ2v) is 8.98. The fourth-order valence-corrected chi connectivity index (χ4v) is 4.52. The highest BCUT2D eigenvalue weighted by molar-refractivity contribution is 14.1. The maximum atomic E-state index is 11.9. The van der Waals surface area contributed by atoms with Gasteiger partial charge in [-0.3, -0.25) is 18.5 Å². The molecule has 0 aliphatic carbocycles. The van der Waals surface area contributed by atoms with Crippen molar-refractivity contribution in [3.05, 3.63) is 16.7 Å².